The van der Waals surface area contributed by atoms with Gasteiger partial charge in [0, 0.05) is 13.2 Å². The topological polar surface area (TPSA) is 87.9 Å². The molecule has 0 aromatic carbocycles. The summed E-state index contributed by atoms with van der Waals surface area (Å²) in [7, 11) is 1.69. The maximum atomic E-state index is 12.0. The number of carbonyl (C=O) groups is 1. The molecule has 2 aromatic heterocycles. The number of carbonyl (C=O) groups excluding carboxylic acids is 1. The molecule has 6 nitrogen and oxygen atoms in total. The fraction of sp³-hybridized carbons (Fsp3) is 0.182. The van der Waals surface area contributed by atoms with Crippen LogP contribution in [0.3, 0.4) is 0 Å². The summed E-state index contributed by atoms with van der Waals surface area (Å²) in [6.45, 7) is 0.429. The van der Waals surface area contributed by atoms with E-state index < -0.39 is 0 Å². The average molecular weight is 231 g/mol. The van der Waals surface area contributed by atoms with Gasteiger partial charge in [0.25, 0.3) is 5.91 Å². The molecule has 1 amide bonds. The van der Waals surface area contributed by atoms with Crippen LogP contribution in [0.2, 0.25) is 0 Å². The summed E-state index contributed by atoms with van der Waals surface area (Å²) in [6, 6.07) is 5.57. The zero-order chi connectivity index (χ0) is 12.3. The Morgan fingerprint density at radius 1 is 1.53 bits per heavy atom. The predicted molar refractivity (Wildman–Crippen MR) is 63.0 cm³/mol. The minimum absolute atomic E-state index is 0.203. The number of pyridine rings is 1. The molecule has 0 unspecified atom stereocenters. The second kappa shape index (κ2) is 4.65. The van der Waals surface area contributed by atoms with Crippen LogP contribution in [0.5, 0.6) is 0 Å². The van der Waals surface area contributed by atoms with Crippen molar-refractivity contribution in [2.24, 2.45) is 0 Å². The molecule has 0 fully saturated rings. The first-order chi connectivity index (χ1) is 8.18. The van der Waals surface area contributed by atoms with Gasteiger partial charge in [0.2, 0.25) is 0 Å². The number of nitrogens with one attached hydrogen (secondary N) is 1. The largest absolute Gasteiger partial charge is 0.396 e. The van der Waals surface area contributed by atoms with Crippen LogP contribution in [0.4, 0.5) is 5.69 Å². The summed E-state index contributed by atoms with van der Waals surface area (Å²) in [5, 5.41) is 6.30. The van der Waals surface area contributed by atoms with Gasteiger partial charge in [-0.2, -0.15) is 5.10 Å². The van der Waals surface area contributed by atoms with Crippen molar-refractivity contribution in [3.63, 3.8) is 0 Å². The van der Waals surface area contributed by atoms with Crippen molar-refractivity contribution in [3.05, 3.63) is 42.0 Å². The Morgan fingerprint density at radius 3 is 2.94 bits per heavy atom. The summed E-state index contributed by atoms with van der Waals surface area (Å²) in [6.07, 6.45) is 3.11. The molecule has 0 spiro atoms. The molecule has 17 heavy (non-hydrogen) atoms. The Hall–Kier alpha value is -2.37. The molecule has 3 N–H and O–H groups in total. The quantitative estimate of drug-likeness (QED) is 0.812. The van der Waals surface area contributed by atoms with Gasteiger partial charge in [-0.25, -0.2) is 0 Å². The molecule has 0 aliphatic rings. The van der Waals surface area contributed by atoms with Crippen molar-refractivity contribution in [1.29, 1.82) is 0 Å². The lowest BCUT2D eigenvalue weighted by Crippen LogP contribution is -2.27. The number of aromatic amines is 1. The predicted octanol–water partition coefficient (Wildman–Crippen LogP) is 0.659. The van der Waals surface area contributed by atoms with Gasteiger partial charge in [0.15, 0.2) is 0 Å². The first-order valence-corrected chi connectivity index (χ1v) is 5.12. The second-order valence-corrected chi connectivity index (χ2v) is 3.68. The zero-order valence-corrected chi connectivity index (χ0v) is 9.42. The molecule has 2 rings (SSSR count). The zero-order valence-electron chi connectivity index (χ0n) is 9.42. The molecule has 2 aromatic rings. The fourth-order valence-electron chi connectivity index (χ4n) is 1.46. The van der Waals surface area contributed by atoms with Crippen molar-refractivity contribution >= 4 is 11.6 Å². The fourth-order valence-corrected chi connectivity index (χ4v) is 1.46. The van der Waals surface area contributed by atoms with Crippen LogP contribution in [0, 0.1) is 0 Å². The third-order valence-electron chi connectivity index (χ3n) is 2.35. The SMILES string of the molecule is CN(Cc1ccccn1)C(=O)c1[nH]ncc1N. The van der Waals surface area contributed by atoms with E-state index in [1.807, 2.05) is 18.2 Å². The van der Waals surface area contributed by atoms with E-state index in [4.69, 9.17) is 5.73 Å². The number of rotatable bonds is 3. The maximum Gasteiger partial charge on any atom is 0.274 e. The normalized spacial score (nSPS) is 10.2. The Labute approximate surface area is 98.5 Å². The smallest absolute Gasteiger partial charge is 0.274 e. The van der Waals surface area contributed by atoms with Crippen molar-refractivity contribution in [2.45, 2.75) is 6.54 Å². The number of hydrogen-bond acceptors (Lipinski definition) is 4. The van der Waals surface area contributed by atoms with E-state index in [0.717, 1.165) is 5.69 Å². The van der Waals surface area contributed by atoms with Gasteiger partial charge in [0.05, 0.1) is 24.1 Å². The van der Waals surface area contributed by atoms with Crippen LogP contribution in [-0.2, 0) is 6.54 Å². The van der Waals surface area contributed by atoms with E-state index in [-0.39, 0.29) is 5.91 Å². The van der Waals surface area contributed by atoms with Gasteiger partial charge in [-0.15, -0.1) is 0 Å². The molecular formula is C11H13N5O. The van der Waals surface area contributed by atoms with Crippen molar-refractivity contribution in [1.82, 2.24) is 20.1 Å². The highest BCUT2D eigenvalue weighted by atomic mass is 16.2. The summed E-state index contributed by atoms with van der Waals surface area (Å²) in [5.74, 6) is -0.203. The van der Waals surface area contributed by atoms with Gasteiger partial charge in [-0.05, 0) is 12.1 Å². The van der Waals surface area contributed by atoms with E-state index in [9.17, 15) is 4.79 Å². The molecule has 0 atom stereocenters. The highest BCUT2D eigenvalue weighted by Crippen LogP contribution is 2.10. The second-order valence-electron chi connectivity index (χ2n) is 3.68. The third-order valence-corrected chi connectivity index (χ3v) is 2.35. The van der Waals surface area contributed by atoms with Crippen molar-refractivity contribution in [2.75, 3.05) is 12.8 Å². The van der Waals surface area contributed by atoms with E-state index >= 15 is 0 Å². The molecule has 88 valence electrons. The number of H-pyrrole nitrogens is 1. The van der Waals surface area contributed by atoms with Crippen LogP contribution >= 0.6 is 0 Å². The number of hydrogen-bond donors (Lipinski definition) is 2. The number of nitrogen functional groups attached to an aromatic ring is 1. The molecule has 0 aliphatic heterocycles. The lowest BCUT2D eigenvalue weighted by atomic mass is 10.3. The molecule has 0 radical (unpaired) electrons. The van der Waals surface area contributed by atoms with Gasteiger partial charge in [-0.1, -0.05) is 6.07 Å². The van der Waals surface area contributed by atoms with Crippen LogP contribution < -0.4 is 5.73 Å². The lowest BCUT2D eigenvalue weighted by molar-refractivity contribution is 0.0778. The molecule has 0 aliphatic carbocycles. The van der Waals surface area contributed by atoms with Gasteiger partial charge in [-0.3, -0.25) is 14.9 Å². The maximum absolute atomic E-state index is 12.0. The number of aromatic nitrogens is 3. The van der Waals surface area contributed by atoms with Crippen molar-refractivity contribution < 1.29 is 4.79 Å². The van der Waals surface area contributed by atoms with Crippen LogP contribution in [0.15, 0.2) is 30.6 Å². The monoisotopic (exact) mass is 231 g/mol. The lowest BCUT2D eigenvalue weighted by Gasteiger charge is -2.15. The van der Waals surface area contributed by atoms with Crippen LogP contribution in [0.25, 0.3) is 0 Å². The minimum Gasteiger partial charge on any atom is -0.396 e. The van der Waals surface area contributed by atoms with Gasteiger partial charge in [0.1, 0.15) is 5.69 Å². The van der Waals surface area contributed by atoms with E-state index in [1.54, 1.807) is 13.2 Å². The Bertz CT molecular complexity index is 508. The molecular weight excluding hydrogens is 218 g/mol. The first-order valence-electron chi connectivity index (χ1n) is 5.12. The summed E-state index contributed by atoms with van der Waals surface area (Å²) >= 11 is 0. The summed E-state index contributed by atoms with van der Waals surface area (Å²) in [4.78, 5) is 17.7. The molecule has 6 heteroatoms. The Balaban J connectivity index is 2.09. The van der Waals surface area contributed by atoms with Crippen LogP contribution in [0.1, 0.15) is 16.2 Å². The molecule has 0 bridgehead atoms. The van der Waals surface area contributed by atoms with Crippen molar-refractivity contribution in [3.8, 4) is 0 Å². The number of amides is 1. The molecule has 0 saturated heterocycles. The van der Waals surface area contributed by atoms with Crippen LogP contribution in [-0.4, -0.2) is 33.0 Å². The highest BCUT2D eigenvalue weighted by Gasteiger charge is 2.16. The average Bonchev–Trinajstić information content (AvgIpc) is 2.76. The molecule has 2 heterocycles. The number of nitrogens with zero attached hydrogens (tertiary/aromatic N) is 3. The Kier molecular flexibility index (Phi) is 3.04. The summed E-state index contributed by atoms with van der Waals surface area (Å²) in [5.41, 5.74) is 7.10. The number of nitrogens with two attached hydrogens (primary N) is 1. The summed E-state index contributed by atoms with van der Waals surface area (Å²) < 4.78 is 0. The van der Waals surface area contributed by atoms with Gasteiger partial charge >= 0.3 is 0 Å². The Morgan fingerprint density at radius 2 is 2.35 bits per heavy atom. The third kappa shape index (κ3) is 2.41. The highest BCUT2D eigenvalue weighted by molar-refractivity contribution is 5.96. The van der Waals surface area contributed by atoms with E-state index in [1.165, 1.54) is 11.1 Å². The first kappa shape index (κ1) is 11.1. The van der Waals surface area contributed by atoms with E-state index in [0.29, 0.717) is 17.9 Å². The number of anilines is 1. The van der Waals surface area contributed by atoms with Gasteiger partial charge < -0.3 is 10.6 Å². The standard InChI is InChI=1S/C11H13N5O/c1-16(7-8-4-2-3-5-13-8)11(17)10-9(12)6-14-15-10/h2-6H,7,12H2,1H3,(H,14,15). The van der Waals surface area contributed by atoms with E-state index in [2.05, 4.69) is 15.2 Å². The minimum atomic E-state index is -0.203. The molecule has 0 saturated carbocycles.